The van der Waals surface area contributed by atoms with E-state index in [4.69, 9.17) is 9.72 Å². The third-order valence-corrected chi connectivity index (χ3v) is 7.38. The topological polar surface area (TPSA) is 71.3 Å². The summed E-state index contributed by atoms with van der Waals surface area (Å²) in [5.41, 5.74) is 1.95. The van der Waals surface area contributed by atoms with Gasteiger partial charge in [0.25, 0.3) is 6.43 Å². The lowest BCUT2D eigenvalue weighted by Gasteiger charge is -2.33. The number of nitrogens with zero attached hydrogens (tertiary/aromatic N) is 6. The highest BCUT2D eigenvalue weighted by atomic mass is 19.3. The minimum Gasteiger partial charge on any atom is -0.378 e. The molecule has 2 fully saturated rings. The van der Waals surface area contributed by atoms with E-state index in [0.29, 0.717) is 67.4 Å². The zero-order valence-corrected chi connectivity index (χ0v) is 21.4. The van der Waals surface area contributed by atoms with Crippen molar-refractivity contribution in [1.82, 2.24) is 19.5 Å². The van der Waals surface area contributed by atoms with Gasteiger partial charge in [-0.2, -0.15) is 9.97 Å². The molecule has 204 valence electrons. The molecule has 2 aromatic heterocycles. The van der Waals surface area contributed by atoms with Gasteiger partial charge in [-0.1, -0.05) is 18.2 Å². The average molecular weight is 538 g/mol. The maximum atomic E-state index is 14.1. The lowest BCUT2D eigenvalue weighted by atomic mass is 9.96. The van der Waals surface area contributed by atoms with Crippen molar-refractivity contribution in [2.24, 2.45) is 5.92 Å². The molecule has 0 radical (unpaired) electrons. The number of aromatic nitrogens is 4. The number of halogens is 3. The van der Waals surface area contributed by atoms with Crippen LogP contribution in [0.3, 0.4) is 0 Å². The summed E-state index contributed by atoms with van der Waals surface area (Å²) in [7, 11) is 0. The van der Waals surface area contributed by atoms with E-state index >= 15 is 0 Å². The van der Waals surface area contributed by atoms with E-state index in [1.807, 2.05) is 6.07 Å². The van der Waals surface area contributed by atoms with Crippen LogP contribution >= 0.6 is 0 Å². The maximum Gasteiger partial charge on any atom is 0.296 e. The summed E-state index contributed by atoms with van der Waals surface area (Å²) < 4.78 is 48.7. The van der Waals surface area contributed by atoms with Crippen LogP contribution < -0.4 is 15.1 Å². The first-order valence-electron chi connectivity index (χ1n) is 13.3. The number of nitrogens with one attached hydrogen (secondary N) is 1. The van der Waals surface area contributed by atoms with Gasteiger partial charge in [0, 0.05) is 44.5 Å². The molecule has 0 aliphatic carbocycles. The lowest BCUT2D eigenvalue weighted by Crippen LogP contribution is -2.37. The van der Waals surface area contributed by atoms with Crippen LogP contribution in [-0.4, -0.2) is 65.5 Å². The Morgan fingerprint density at radius 2 is 1.64 bits per heavy atom. The van der Waals surface area contributed by atoms with Crippen molar-refractivity contribution in [2.45, 2.75) is 19.3 Å². The Labute approximate surface area is 224 Å². The predicted molar refractivity (Wildman–Crippen MR) is 144 cm³/mol. The monoisotopic (exact) mass is 537 g/mol. The normalized spacial score (nSPS) is 16.8. The molecule has 1 N–H and O–H groups in total. The van der Waals surface area contributed by atoms with Gasteiger partial charge in [-0.15, -0.1) is 0 Å². The Kier molecular flexibility index (Phi) is 7.23. The molecule has 2 aliphatic rings. The summed E-state index contributed by atoms with van der Waals surface area (Å²) in [4.78, 5) is 17.9. The molecule has 4 heterocycles. The number of morpholine rings is 1. The van der Waals surface area contributed by atoms with Gasteiger partial charge in [-0.3, -0.25) is 4.57 Å². The number of hydrogen-bond acceptors (Lipinski definition) is 7. The molecule has 6 rings (SSSR count). The smallest absolute Gasteiger partial charge is 0.296 e. The van der Waals surface area contributed by atoms with Crippen molar-refractivity contribution < 1.29 is 17.9 Å². The van der Waals surface area contributed by atoms with Crippen LogP contribution in [0.1, 0.15) is 25.1 Å². The van der Waals surface area contributed by atoms with Crippen molar-refractivity contribution in [3.05, 3.63) is 66.2 Å². The highest BCUT2D eigenvalue weighted by Gasteiger charge is 2.24. The van der Waals surface area contributed by atoms with Crippen LogP contribution in [0.4, 0.5) is 30.6 Å². The molecule has 4 aromatic rings. The maximum absolute atomic E-state index is 14.1. The van der Waals surface area contributed by atoms with Gasteiger partial charge in [0.05, 0.1) is 24.2 Å². The molecule has 8 nitrogen and oxygen atoms in total. The number of benzene rings is 2. The standard InChI is InChI=1S/C28H30F3N7O/c29-20-4-3-5-21(16-20)36-10-8-19(9-11-36)18-32-28-34-24(37-12-14-39-15-13-37)17-25(35-28)38-23-7-2-1-6-22(23)33-27(38)26(30)31/h1-7,16-17,19,26H,8-15,18H2,(H,32,34,35). The third kappa shape index (κ3) is 5.49. The predicted octanol–water partition coefficient (Wildman–Crippen LogP) is 5.06. The fourth-order valence-electron chi connectivity index (χ4n) is 5.31. The van der Waals surface area contributed by atoms with E-state index in [1.165, 1.54) is 10.6 Å². The number of alkyl halides is 2. The Morgan fingerprint density at radius 1 is 0.872 bits per heavy atom. The number of hydrogen-bond donors (Lipinski definition) is 1. The molecule has 39 heavy (non-hydrogen) atoms. The number of anilines is 3. The molecule has 2 saturated heterocycles. The van der Waals surface area contributed by atoms with Crippen molar-refractivity contribution in [3.8, 4) is 5.82 Å². The average Bonchev–Trinajstić information content (AvgIpc) is 3.37. The van der Waals surface area contributed by atoms with Gasteiger partial charge in [0.15, 0.2) is 5.82 Å². The zero-order valence-electron chi connectivity index (χ0n) is 21.4. The van der Waals surface area contributed by atoms with E-state index in [-0.39, 0.29) is 11.6 Å². The number of ether oxygens (including phenoxy) is 1. The minimum absolute atomic E-state index is 0.231. The summed E-state index contributed by atoms with van der Waals surface area (Å²) in [5, 5.41) is 3.38. The van der Waals surface area contributed by atoms with Crippen LogP contribution in [0.5, 0.6) is 0 Å². The van der Waals surface area contributed by atoms with Gasteiger partial charge in [-0.05, 0) is 49.1 Å². The SMILES string of the molecule is Fc1cccc(N2CCC(CNc3nc(N4CCOCC4)cc(-n4c(C(F)F)nc5ccccc54)n3)CC2)c1. The number of fused-ring (bicyclic) bond motifs is 1. The van der Waals surface area contributed by atoms with Crippen LogP contribution in [0.15, 0.2) is 54.6 Å². The lowest BCUT2D eigenvalue weighted by molar-refractivity contribution is 0.122. The van der Waals surface area contributed by atoms with E-state index < -0.39 is 6.43 Å². The Bertz CT molecular complexity index is 1430. The van der Waals surface area contributed by atoms with E-state index in [0.717, 1.165) is 31.6 Å². The Hall–Kier alpha value is -3.86. The van der Waals surface area contributed by atoms with E-state index in [9.17, 15) is 13.2 Å². The molecule has 2 aliphatic heterocycles. The molecule has 0 saturated carbocycles. The van der Waals surface area contributed by atoms with Crippen LogP contribution in [0.25, 0.3) is 16.9 Å². The van der Waals surface area contributed by atoms with Crippen LogP contribution in [-0.2, 0) is 4.74 Å². The van der Waals surface area contributed by atoms with Gasteiger partial charge in [-0.25, -0.2) is 18.2 Å². The first-order valence-corrected chi connectivity index (χ1v) is 13.3. The quantitative estimate of drug-likeness (QED) is 0.354. The fourth-order valence-corrected chi connectivity index (χ4v) is 5.31. The fraction of sp³-hybridized carbons (Fsp3) is 0.393. The molecule has 2 aromatic carbocycles. The molecule has 0 unspecified atom stereocenters. The molecule has 0 bridgehead atoms. The van der Waals surface area contributed by atoms with Gasteiger partial charge < -0.3 is 19.9 Å². The zero-order chi connectivity index (χ0) is 26.8. The molecule has 0 amide bonds. The number of imidazole rings is 1. The van der Waals surface area contributed by atoms with Crippen LogP contribution in [0, 0.1) is 11.7 Å². The first kappa shape index (κ1) is 25.4. The summed E-state index contributed by atoms with van der Waals surface area (Å²) in [5.74, 6) is 1.19. The highest BCUT2D eigenvalue weighted by molar-refractivity contribution is 5.78. The summed E-state index contributed by atoms with van der Waals surface area (Å²) in [6, 6.07) is 15.5. The molecule has 11 heteroatoms. The Balaban J connectivity index is 1.25. The second-order valence-electron chi connectivity index (χ2n) is 9.89. The summed E-state index contributed by atoms with van der Waals surface area (Å²) in [6.45, 7) is 4.75. The summed E-state index contributed by atoms with van der Waals surface area (Å²) in [6.07, 6.45) is -0.901. The van der Waals surface area contributed by atoms with E-state index in [1.54, 1.807) is 42.5 Å². The molecule has 0 atom stereocenters. The third-order valence-electron chi connectivity index (χ3n) is 7.38. The molecule has 0 spiro atoms. The van der Waals surface area contributed by atoms with Gasteiger partial charge in [0.1, 0.15) is 17.5 Å². The molecular weight excluding hydrogens is 507 g/mol. The summed E-state index contributed by atoms with van der Waals surface area (Å²) >= 11 is 0. The largest absolute Gasteiger partial charge is 0.378 e. The highest BCUT2D eigenvalue weighted by Crippen LogP contribution is 2.30. The van der Waals surface area contributed by atoms with E-state index in [2.05, 4.69) is 25.1 Å². The first-order chi connectivity index (χ1) is 19.0. The van der Waals surface area contributed by atoms with Crippen molar-refractivity contribution in [1.29, 1.82) is 0 Å². The van der Waals surface area contributed by atoms with Gasteiger partial charge >= 0.3 is 0 Å². The van der Waals surface area contributed by atoms with Gasteiger partial charge in [0.2, 0.25) is 5.95 Å². The minimum atomic E-state index is -2.76. The number of rotatable bonds is 7. The second-order valence-corrected chi connectivity index (χ2v) is 9.89. The molecular formula is C28H30F3N7O. The number of para-hydroxylation sites is 2. The van der Waals surface area contributed by atoms with Crippen molar-refractivity contribution in [3.63, 3.8) is 0 Å². The van der Waals surface area contributed by atoms with Crippen molar-refractivity contribution in [2.75, 3.05) is 61.1 Å². The Morgan fingerprint density at radius 3 is 2.41 bits per heavy atom. The number of piperidine rings is 1. The second kappa shape index (κ2) is 11.1. The van der Waals surface area contributed by atoms with Crippen LogP contribution in [0.2, 0.25) is 0 Å². The van der Waals surface area contributed by atoms with Crippen molar-refractivity contribution >= 4 is 28.5 Å².